The molecule has 1 unspecified atom stereocenters. The van der Waals surface area contributed by atoms with Gasteiger partial charge in [0.25, 0.3) is 5.91 Å². The summed E-state index contributed by atoms with van der Waals surface area (Å²) >= 11 is 0. The molecule has 0 bridgehead atoms. The largest absolute Gasteiger partial charge is 0.490 e. The quantitative estimate of drug-likeness (QED) is 0.587. The highest BCUT2D eigenvalue weighted by Crippen LogP contribution is 2.31. The van der Waals surface area contributed by atoms with Gasteiger partial charge in [0, 0.05) is 37.5 Å². The molecule has 206 valence electrons. The summed E-state index contributed by atoms with van der Waals surface area (Å²) in [6.45, 7) is 4.43. The number of fused-ring (bicyclic) bond motifs is 1. The van der Waals surface area contributed by atoms with Crippen molar-refractivity contribution in [3.8, 4) is 5.75 Å². The van der Waals surface area contributed by atoms with E-state index in [0.717, 1.165) is 63.2 Å². The minimum Gasteiger partial charge on any atom is -0.490 e. The zero-order valence-corrected chi connectivity index (χ0v) is 22.2. The number of nitrogens with one attached hydrogen (secondary N) is 2. The Labute approximate surface area is 224 Å². The Morgan fingerprint density at radius 2 is 1.63 bits per heavy atom. The lowest BCUT2D eigenvalue weighted by Crippen LogP contribution is -2.52. The van der Waals surface area contributed by atoms with E-state index in [1.165, 1.54) is 32.1 Å². The van der Waals surface area contributed by atoms with Crippen LogP contribution in [0.4, 0.5) is 0 Å². The Kier molecular flexibility index (Phi) is 8.61. The number of hydrogen-bond acceptors (Lipinski definition) is 6. The minimum absolute atomic E-state index is 0.145. The highest BCUT2D eigenvalue weighted by Gasteiger charge is 2.39. The van der Waals surface area contributed by atoms with Gasteiger partial charge < -0.3 is 19.9 Å². The molecule has 5 aliphatic rings. The van der Waals surface area contributed by atoms with Crippen molar-refractivity contribution in [1.82, 2.24) is 20.4 Å². The monoisotopic (exact) mass is 524 g/mol. The average molecular weight is 525 g/mol. The second-order valence-electron chi connectivity index (χ2n) is 11.2. The van der Waals surface area contributed by atoms with Gasteiger partial charge in [0.05, 0.1) is 6.10 Å². The third kappa shape index (κ3) is 6.20. The minimum atomic E-state index is -0.569. The number of carbonyl (C=O) groups excluding carboxylic acids is 4. The Balaban J connectivity index is 0.000000190. The molecule has 0 aromatic heterocycles. The van der Waals surface area contributed by atoms with Crippen LogP contribution in [0.5, 0.6) is 5.75 Å². The third-order valence-electron chi connectivity index (χ3n) is 8.46. The van der Waals surface area contributed by atoms with E-state index in [1.807, 2.05) is 12.1 Å². The molecule has 38 heavy (non-hydrogen) atoms. The van der Waals surface area contributed by atoms with Crippen molar-refractivity contribution in [2.75, 3.05) is 26.2 Å². The number of amides is 4. The van der Waals surface area contributed by atoms with E-state index < -0.39 is 6.04 Å². The zero-order chi connectivity index (χ0) is 26.5. The van der Waals surface area contributed by atoms with Crippen LogP contribution in [-0.2, 0) is 20.9 Å². The third-order valence-corrected chi connectivity index (χ3v) is 8.46. The molecule has 1 atom stereocenters. The first-order valence-corrected chi connectivity index (χ1v) is 14.4. The summed E-state index contributed by atoms with van der Waals surface area (Å²) < 4.78 is 6.08. The topological polar surface area (TPSA) is 108 Å². The van der Waals surface area contributed by atoms with Gasteiger partial charge in [-0.2, -0.15) is 0 Å². The van der Waals surface area contributed by atoms with Crippen LogP contribution in [0.25, 0.3) is 0 Å². The Morgan fingerprint density at radius 3 is 2.34 bits per heavy atom. The maximum Gasteiger partial charge on any atom is 0.255 e. The zero-order valence-electron chi connectivity index (χ0n) is 22.2. The maximum absolute atomic E-state index is 12.6. The van der Waals surface area contributed by atoms with Crippen LogP contribution >= 0.6 is 0 Å². The molecular formula is C29H40N4O5. The summed E-state index contributed by atoms with van der Waals surface area (Å²) in [4.78, 5) is 51.5. The number of rotatable bonds is 4. The molecule has 1 aromatic carbocycles. The lowest BCUT2D eigenvalue weighted by molar-refractivity contribution is -0.137. The van der Waals surface area contributed by atoms with Gasteiger partial charge in [0.1, 0.15) is 11.8 Å². The number of imide groups is 1. The molecular weight excluding hydrogens is 484 g/mol. The molecule has 4 amide bonds. The molecule has 0 radical (unpaired) electrons. The molecule has 3 saturated heterocycles. The van der Waals surface area contributed by atoms with Crippen LogP contribution < -0.4 is 15.4 Å². The first-order chi connectivity index (χ1) is 18.5. The van der Waals surface area contributed by atoms with Crippen molar-refractivity contribution in [3.05, 3.63) is 29.3 Å². The second kappa shape index (κ2) is 12.3. The maximum atomic E-state index is 12.6. The van der Waals surface area contributed by atoms with Crippen molar-refractivity contribution in [2.24, 2.45) is 5.92 Å². The van der Waals surface area contributed by atoms with Gasteiger partial charge in [-0.05, 0) is 94.6 Å². The standard InChI is InChI=1S/C19H22N2O4.C10H18N2O/c22-17-9-8-16(18(23)20-17)21-11-12-10-14(6-7-15(12)19(21)24)25-13-4-2-1-3-5-13;13-10(12-7-1-2-8-12)9-3-5-11-6-4-9/h6-7,10,13,16H,1-5,8-9,11H2,(H,20,22,23);9,11H,1-8H2. The summed E-state index contributed by atoms with van der Waals surface area (Å²) in [7, 11) is 0. The smallest absolute Gasteiger partial charge is 0.255 e. The average Bonchev–Trinajstić information content (AvgIpc) is 3.58. The van der Waals surface area contributed by atoms with E-state index in [2.05, 4.69) is 15.5 Å². The SMILES string of the molecule is O=C(C1CCNCC1)N1CCCC1.O=C1CCC(N2Cc3cc(OC4CCCCC4)ccc3C2=O)C(=O)N1. The molecule has 9 nitrogen and oxygen atoms in total. The second-order valence-corrected chi connectivity index (χ2v) is 11.2. The summed E-state index contributed by atoms with van der Waals surface area (Å²) in [5.41, 5.74) is 1.52. The van der Waals surface area contributed by atoms with Crippen LogP contribution in [0.15, 0.2) is 18.2 Å². The first kappa shape index (κ1) is 26.7. The van der Waals surface area contributed by atoms with E-state index in [4.69, 9.17) is 4.74 Å². The highest BCUT2D eigenvalue weighted by molar-refractivity contribution is 6.05. The fourth-order valence-corrected chi connectivity index (χ4v) is 6.26. The number of ether oxygens (including phenoxy) is 1. The van der Waals surface area contributed by atoms with E-state index in [-0.39, 0.29) is 30.2 Å². The molecule has 9 heteroatoms. The van der Waals surface area contributed by atoms with Crippen molar-refractivity contribution >= 4 is 23.6 Å². The fourth-order valence-electron chi connectivity index (χ4n) is 6.26. The number of benzene rings is 1. The van der Waals surface area contributed by atoms with Crippen molar-refractivity contribution < 1.29 is 23.9 Å². The number of carbonyl (C=O) groups is 4. The van der Waals surface area contributed by atoms with Crippen LogP contribution in [0, 0.1) is 5.92 Å². The van der Waals surface area contributed by atoms with Crippen LogP contribution in [0.1, 0.15) is 86.6 Å². The number of piperidine rings is 2. The van der Waals surface area contributed by atoms with Gasteiger partial charge in [-0.15, -0.1) is 0 Å². The van der Waals surface area contributed by atoms with Crippen LogP contribution in [-0.4, -0.2) is 71.8 Å². The van der Waals surface area contributed by atoms with E-state index in [1.54, 1.807) is 11.0 Å². The molecule has 4 heterocycles. The van der Waals surface area contributed by atoms with Gasteiger partial charge in [0.15, 0.2) is 0 Å². The summed E-state index contributed by atoms with van der Waals surface area (Å²) in [5.74, 6) is 0.736. The van der Waals surface area contributed by atoms with Crippen molar-refractivity contribution in [3.63, 3.8) is 0 Å². The lowest BCUT2D eigenvalue weighted by Gasteiger charge is -2.29. The highest BCUT2D eigenvalue weighted by atomic mass is 16.5. The molecule has 2 N–H and O–H groups in total. The first-order valence-electron chi connectivity index (χ1n) is 14.4. The normalized spacial score (nSPS) is 24.5. The summed E-state index contributed by atoms with van der Waals surface area (Å²) in [6.07, 6.45) is 11.3. The summed E-state index contributed by atoms with van der Waals surface area (Å²) in [5, 5.41) is 5.61. The van der Waals surface area contributed by atoms with E-state index >= 15 is 0 Å². The molecule has 4 fully saturated rings. The molecule has 4 aliphatic heterocycles. The van der Waals surface area contributed by atoms with Gasteiger partial charge in [-0.25, -0.2) is 0 Å². The molecule has 1 saturated carbocycles. The summed E-state index contributed by atoms with van der Waals surface area (Å²) in [6, 6.07) is 5.00. The number of likely N-dealkylation sites (tertiary alicyclic amines) is 1. The molecule has 0 spiro atoms. The van der Waals surface area contributed by atoms with Gasteiger partial charge in [0.2, 0.25) is 17.7 Å². The van der Waals surface area contributed by atoms with Crippen LogP contribution in [0.3, 0.4) is 0 Å². The molecule has 1 aliphatic carbocycles. The Morgan fingerprint density at radius 1 is 0.895 bits per heavy atom. The van der Waals surface area contributed by atoms with Gasteiger partial charge >= 0.3 is 0 Å². The predicted molar refractivity (Wildman–Crippen MR) is 141 cm³/mol. The fraction of sp³-hybridized carbons (Fsp3) is 0.655. The van der Waals surface area contributed by atoms with E-state index in [9.17, 15) is 19.2 Å². The Hall–Kier alpha value is -2.94. The number of hydrogen-bond donors (Lipinski definition) is 2. The predicted octanol–water partition coefficient (Wildman–Crippen LogP) is 2.77. The van der Waals surface area contributed by atoms with Gasteiger partial charge in [-0.3, -0.25) is 24.5 Å². The van der Waals surface area contributed by atoms with Crippen molar-refractivity contribution in [2.45, 2.75) is 89.3 Å². The molecule has 6 rings (SSSR count). The number of nitrogens with zero attached hydrogens (tertiary/aromatic N) is 2. The Bertz CT molecular complexity index is 1040. The van der Waals surface area contributed by atoms with E-state index in [0.29, 0.717) is 30.4 Å². The van der Waals surface area contributed by atoms with Gasteiger partial charge in [-0.1, -0.05) is 6.42 Å². The van der Waals surface area contributed by atoms with Crippen molar-refractivity contribution in [1.29, 1.82) is 0 Å². The lowest BCUT2D eigenvalue weighted by atomic mass is 9.97. The molecule has 1 aromatic rings. The van der Waals surface area contributed by atoms with Crippen LogP contribution in [0.2, 0.25) is 0 Å².